The zero-order valence-electron chi connectivity index (χ0n) is 15.5. The van der Waals surface area contributed by atoms with E-state index in [9.17, 15) is 18.3 Å². The van der Waals surface area contributed by atoms with Gasteiger partial charge in [-0.15, -0.1) is 0 Å². The number of aliphatic carboxylic acids is 1. The standard InChI is InChI=1S/C18H24N2O5S2/c1-13(19)5-4-11-25-14-6-8-15(9-7-14)27(23,24)20-10-12-26-18(2,3)16(20)17(21)22/h6-9,13,16H,10-12,19H2,1-3H3,(H,21,22). The van der Waals surface area contributed by atoms with Crippen LogP contribution in [-0.2, 0) is 14.8 Å². The summed E-state index contributed by atoms with van der Waals surface area (Å²) in [6.07, 6.45) is 0. The SMILES string of the molecule is CC(N)C#CCOc1ccc(S(=O)(=O)N2CCSC(C)(C)C2C(=O)O)cc1. The van der Waals surface area contributed by atoms with Gasteiger partial charge in [-0.3, -0.25) is 4.79 Å². The maximum absolute atomic E-state index is 13.0. The first-order valence-electron chi connectivity index (χ1n) is 8.41. The van der Waals surface area contributed by atoms with Gasteiger partial charge in [-0.1, -0.05) is 11.8 Å². The first-order valence-corrected chi connectivity index (χ1v) is 10.8. The summed E-state index contributed by atoms with van der Waals surface area (Å²) in [5.74, 6) is 5.38. The van der Waals surface area contributed by atoms with Crippen molar-refractivity contribution < 1.29 is 23.1 Å². The number of thioether (sulfide) groups is 1. The van der Waals surface area contributed by atoms with Gasteiger partial charge in [0.15, 0.2) is 0 Å². The van der Waals surface area contributed by atoms with Crippen molar-refractivity contribution in [2.45, 2.75) is 42.5 Å². The average Bonchev–Trinajstić information content (AvgIpc) is 2.57. The summed E-state index contributed by atoms with van der Waals surface area (Å²) in [5.41, 5.74) is 5.52. The molecule has 0 bridgehead atoms. The number of nitrogens with zero attached hydrogens (tertiary/aromatic N) is 1. The molecular formula is C18H24N2O5S2. The molecule has 1 aromatic rings. The molecular weight excluding hydrogens is 388 g/mol. The Morgan fingerprint density at radius 1 is 1.44 bits per heavy atom. The lowest BCUT2D eigenvalue weighted by Crippen LogP contribution is -2.58. The van der Waals surface area contributed by atoms with E-state index in [1.54, 1.807) is 20.8 Å². The van der Waals surface area contributed by atoms with Crippen LogP contribution in [0.1, 0.15) is 20.8 Å². The first kappa shape index (κ1) is 21.6. The number of carboxylic acids is 1. The van der Waals surface area contributed by atoms with Crippen molar-refractivity contribution in [3.8, 4) is 17.6 Å². The molecule has 27 heavy (non-hydrogen) atoms. The zero-order chi connectivity index (χ0) is 20.2. The summed E-state index contributed by atoms with van der Waals surface area (Å²) in [4.78, 5) is 11.8. The normalized spacial score (nSPS) is 21.0. The second-order valence-corrected chi connectivity index (χ2v) is 10.3. The summed E-state index contributed by atoms with van der Waals surface area (Å²) in [7, 11) is -3.94. The van der Waals surface area contributed by atoms with E-state index in [4.69, 9.17) is 10.5 Å². The fraction of sp³-hybridized carbons (Fsp3) is 0.500. The third kappa shape index (κ3) is 5.17. The van der Waals surface area contributed by atoms with Crippen LogP contribution in [0.4, 0.5) is 0 Å². The molecule has 0 aromatic heterocycles. The molecule has 1 fully saturated rings. The minimum Gasteiger partial charge on any atom is -0.481 e. The van der Waals surface area contributed by atoms with Gasteiger partial charge in [0.25, 0.3) is 0 Å². The number of rotatable bonds is 5. The molecule has 2 rings (SSSR count). The fourth-order valence-electron chi connectivity index (χ4n) is 2.80. The number of nitrogens with two attached hydrogens (primary N) is 1. The van der Waals surface area contributed by atoms with E-state index < -0.39 is 26.8 Å². The van der Waals surface area contributed by atoms with Crippen molar-refractivity contribution in [1.29, 1.82) is 0 Å². The molecule has 2 atom stereocenters. The Morgan fingerprint density at radius 3 is 2.63 bits per heavy atom. The van der Waals surface area contributed by atoms with Crippen LogP contribution in [0.5, 0.6) is 5.75 Å². The van der Waals surface area contributed by atoms with E-state index in [-0.39, 0.29) is 24.1 Å². The van der Waals surface area contributed by atoms with Crippen molar-refractivity contribution in [1.82, 2.24) is 4.31 Å². The van der Waals surface area contributed by atoms with Gasteiger partial charge in [-0.2, -0.15) is 16.1 Å². The molecule has 0 aliphatic carbocycles. The second kappa shape index (κ2) is 8.52. The summed E-state index contributed by atoms with van der Waals surface area (Å²) >= 11 is 1.46. The molecule has 148 valence electrons. The highest BCUT2D eigenvalue weighted by atomic mass is 32.2. The molecule has 9 heteroatoms. The Labute approximate surface area is 164 Å². The Bertz CT molecular complexity index is 839. The van der Waals surface area contributed by atoms with Crippen LogP contribution in [0, 0.1) is 11.8 Å². The summed E-state index contributed by atoms with van der Waals surface area (Å²) in [6, 6.07) is 4.51. The lowest BCUT2D eigenvalue weighted by atomic mass is 10.0. The summed E-state index contributed by atoms with van der Waals surface area (Å²) in [6.45, 7) is 5.55. The molecule has 1 aliphatic rings. The molecule has 1 aromatic carbocycles. The van der Waals surface area contributed by atoms with Gasteiger partial charge < -0.3 is 15.6 Å². The average molecular weight is 413 g/mol. The molecule has 1 heterocycles. The topological polar surface area (TPSA) is 110 Å². The molecule has 7 nitrogen and oxygen atoms in total. The smallest absolute Gasteiger partial charge is 0.323 e. The van der Waals surface area contributed by atoms with E-state index in [0.717, 1.165) is 4.31 Å². The van der Waals surface area contributed by atoms with Crippen LogP contribution in [0.2, 0.25) is 0 Å². The van der Waals surface area contributed by atoms with Gasteiger partial charge in [0.05, 0.1) is 10.9 Å². The molecule has 1 saturated heterocycles. The minimum absolute atomic E-state index is 0.0328. The first-order chi connectivity index (χ1) is 12.6. The lowest BCUT2D eigenvalue weighted by Gasteiger charge is -2.42. The number of ether oxygens (including phenoxy) is 1. The highest BCUT2D eigenvalue weighted by Crippen LogP contribution is 2.38. The maximum atomic E-state index is 13.0. The van der Waals surface area contributed by atoms with Crippen LogP contribution < -0.4 is 10.5 Å². The molecule has 0 spiro atoms. The number of benzene rings is 1. The predicted octanol–water partition coefficient (Wildman–Crippen LogP) is 1.39. The van der Waals surface area contributed by atoms with Crippen LogP contribution in [0.25, 0.3) is 0 Å². The predicted molar refractivity (Wildman–Crippen MR) is 105 cm³/mol. The summed E-state index contributed by atoms with van der Waals surface area (Å²) in [5, 5.41) is 9.60. The molecule has 2 unspecified atom stereocenters. The minimum atomic E-state index is -3.94. The second-order valence-electron chi connectivity index (χ2n) is 6.68. The van der Waals surface area contributed by atoms with Crippen LogP contribution in [0.3, 0.4) is 0 Å². The van der Waals surface area contributed by atoms with Crippen LogP contribution in [0.15, 0.2) is 29.2 Å². The summed E-state index contributed by atoms with van der Waals surface area (Å²) < 4.78 is 31.8. The third-order valence-corrected chi connectivity index (χ3v) is 7.27. The van der Waals surface area contributed by atoms with Crippen molar-refractivity contribution >= 4 is 27.8 Å². The Kier molecular flexibility index (Phi) is 6.81. The molecule has 1 aliphatic heterocycles. The van der Waals surface area contributed by atoms with Crippen molar-refractivity contribution in [2.75, 3.05) is 18.9 Å². The van der Waals surface area contributed by atoms with Gasteiger partial charge in [0.2, 0.25) is 10.0 Å². The molecule has 0 amide bonds. The van der Waals surface area contributed by atoms with Gasteiger partial charge in [-0.25, -0.2) is 8.42 Å². The largest absolute Gasteiger partial charge is 0.481 e. The van der Waals surface area contributed by atoms with Crippen LogP contribution in [-0.4, -0.2) is 59.5 Å². The Morgan fingerprint density at radius 2 is 2.07 bits per heavy atom. The van der Waals surface area contributed by atoms with Crippen LogP contribution >= 0.6 is 11.8 Å². The highest BCUT2D eigenvalue weighted by Gasteiger charge is 2.48. The number of hydrogen-bond acceptors (Lipinski definition) is 6. The van der Waals surface area contributed by atoms with Crippen molar-refractivity contribution in [2.24, 2.45) is 5.73 Å². The fourth-order valence-corrected chi connectivity index (χ4v) is 5.89. The van der Waals surface area contributed by atoms with Crippen molar-refractivity contribution in [3.63, 3.8) is 0 Å². The van der Waals surface area contributed by atoms with E-state index in [1.807, 2.05) is 0 Å². The number of sulfonamides is 1. The molecule has 3 N–H and O–H groups in total. The number of carbonyl (C=O) groups is 1. The van der Waals surface area contributed by atoms with E-state index in [1.165, 1.54) is 36.0 Å². The van der Waals surface area contributed by atoms with Crippen molar-refractivity contribution in [3.05, 3.63) is 24.3 Å². The van der Waals surface area contributed by atoms with Gasteiger partial charge >= 0.3 is 5.97 Å². The number of carboxylic acid groups (broad SMARTS) is 1. The van der Waals surface area contributed by atoms with E-state index in [2.05, 4.69) is 11.8 Å². The maximum Gasteiger partial charge on any atom is 0.323 e. The van der Waals surface area contributed by atoms with Gasteiger partial charge in [-0.05, 0) is 45.0 Å². The van der Waals surface area contributed by atoms with Gasteiger partial charge in [0.1, 0.15) is 18.4 Å². The monoisotopic (exact) mass is 412 g/mol. The quantitative estimate of drug-likeness (QED) is 0.703. The van der Waals surface area contributed by atoms with E-state index >= 15 is 0 Å². The highest BCUT2D eigenvalue weighted by molar-refractivity contribution is 8.00. The van der Waals surface area contributed by atoms with Gasteiger partial charge in [0, 0.05) is 17.0 Å². The number of hydrogen-bond donors (Lipinski definition) is 2. The molecule has 0 radical (unpaired) electrons. The third-order valence-electron chi connectivity index (χ3n) is 4.04. The zero-order valence-corrected chi connectivity index (χ0v) is 17.1. The lowest BCUT2D eigenvalue weighted by molar-refractivity contribution is -0.142. The Balaban J connectivity index is 2.21. The van der Waals surface area contributed by atoms with E-state index in [0.29, 0.717) is 11.5 Å². The molecule has 0 saturated carbocycles. The Hall–Kier alpha value is -1.73.